The van der Waals surface area contributed by atoms with E-state index in [9.17, 15) is 14.4 Å². The van der Waals surface area contributed by atoms with Gasteiger partial charge in [0, 0.05) is 30.2 Å². The van der Waals surface area contributed by atoms with Crippen LogP contribution >= 0.6 is 0 Å². The van der Waals surface area contributed by atoms with Crippen molar-refractivity contribution >= 4 is 33.9 Å². The van der Waals surface area contributed by atoms with Crippen LogP contribution in [0.1, 0.15) is 12.0 Å². The molecule has 7 nitrogen and oxygen atoms in total. The van der Waals surface area contributed by atoms with Crippen LogP contribution in [0, 0.1) is 0 Å². The highest BCUT2D eigenvalue weighted by atomic mass is 16.2. The number of nitrogens with one attached hydrogen (secondary N) is 3. The largest absolute Gasteiger partial charge is 0.352 e. The van der Waals surface area contributed by atoms with Crippen LogP contribution in [-0.2, 0) is 11.3 Å². The lowest BCUT2D eigenvalue weighted by Gasteiger charge is -2.04. The van der Waals surface area contributed by atoms with Crippen LogP contribution < -0.4 is 16.6 Å². The fourth-order valence-corrected chi connectivity index (χ4v) is 3.29. The van der Waals surface area contributed by atoms with E-state index in [1.165, 1.54) is 12.2 Å². The molecule has 146 valence electrons. The first-order chi connectivity index (χ1) is 14.1. The van der Waals surface area contributed by atoms with Gasteiger partial charge in [-0.05, 0) is 42.1 Å². The highest BCUT2D eigenvalue weighted by molar-refractivity contribution is 5.92. The van der Waals surface area contributed by atoms with Crippen molar-refractivity contribution in [1.82, 2.24) is 19.9 Å². The minimum absolute atomic E-state index is 0.159. The topological polar surface area (TPSA) is 99.8 Å². The molecule has 2 heterocycles. The molecule has 0 aliphatic carbocycles. The summed E-state index contributed by atoms with van der Waals surface area (Å²) in [5.74, 6) is -0.288. The van der Waals surface area contributed by atoms with Crippen LogP contribution in [0.3, 0.4) is 0 Å². The van der Waals surface area contributed by atoms with E-state index in [-0.39, 0.29) is 17.2 Å². The van der Waals surface area contributed by atoms with E-state index in [2.05, 4.69) is 15.3 Å². The fraction of sp³-hybridized carbons (Fsp3) is 0.136. The van der Waals surface area contributed by atoms with Gasteiger partial charge in [-0.15, -0.1) is 0 Å². The number of pyridine rings is 1. The number of aromatic nitrogens is 3. The van der Waals surface area contributed by atoms with Gasteiger partial charge < -0.3 is 15.3 Å². The molecule has 0 aliphatic rings. The lowest BCUT2D eigenvalue weighted by molar-refractivity contribution is -0.116. The smallest absolute Gasteiger partial charge is 0.326 e. The summed E-state index contributed by atoms with van der Waals surface area (Å²) in [6, 6.07) is 16.7. The Balaban J connectivity index is 1.34. The Labute approximate surface area is 165 Å². The average Bonchev–Trinajstić information content (AvgIpc) is 3.04. The first kappa shape index (κ1) is 18.5. The average molecular weight is 388 g/mol. The molecule has 3 N–H and O–H groups in total. The van der Waals surface area contributed by atoms with Crippen molar-refractivity contribution in [3.05, 3.63) is 87.1 Å². The van der Waals surface area contributed by atoms with Gasteiger partial charge in [-0.25, -0.2) is 4.79 Å². The molecule has 1 amide bonds. The Morgan fingerprint density at radius 3 is 2.62 bits per heavy atom. The summed E-state index contributed by atoms with van der Waals surface area (Å²) in [6.07, 6.45) is 3.46. The van der Waals surface area contributed by atoms with Crippen molar-refractivity contribution in [2.45, 2.75) is 13.0 Å². The zero-order valence-electron chi connectivity index (χ0n) is 15.6. The van der Waals surface area contributed by atoms with Crippen LogP contribution in [0.5, 0.6) is 0 Å². The molecule has 0 saturated heterocycles. The molecule has 0 aliphatic heterocycles. The third-order valence-corrected chi connectivity index (χ3v) is 4.74. The van der Waals surface area contributed by atoms with Crippen LogP contribution in [0.2, 0.25) is 0 Å². The normalized spacial score (nSPS) is 11.4. The minimum atomic E-state index is -0.288. The summed E-state index contributed by atoms with van der Waals surface area (Å²) in [7, 11) is 0. The first-order valence-corrected chi connectivity index (χ1v) is 9.37. The van der Waals surface area contributed by atoms with Gasteiger partial charge in [0.25, 0.3) is 5.56 Å². The van der Waals surface area contributed by atoms with E-state index in [0.29, 0.717) is 25.1 Å². The molecule has 0 saturated carbocycles. The molecule has 0 fully saturated rings. The summed E-state index contributed by atoms with van der Waals surface area (Å²) in [4.78, 5) is 41.8. The Bertz CT molecular complexity index is 1330. The van der Waals surface area contributed by atoms with Crippen molar-refractivity contribution in [3.8, 4) is 0 Å². The Kier molecular flexibility index (Phi) is 5.11. The maximum Gasteiger partial charge on any atom is 0.326 e. The van der Waals surface area contributed by atoms with Gasteiger partial charge in [-0.3, -0.25) is 14.2 Å². The molecule has 4 rings (SSSR count). The van der Waals surface area contributed by atoms with Gasteiger partial charge in [-0.2, -0.15) is 0 Å². The molecule has 0 radical (unpaired) electrons. The molecule has 0 bridgehead atoms. The van der Waals surface area contributed by atoms with Crippen molar-refractivity contribution in [2.75, 3.05) is 6.54 Å². The number of para-hydroxylation sites is 3. The number of fused-ring (bicyclic) bond motifs is 2. The molecule has 0 spiro atoms. The number of rotatable bonds is 6. The molecular formula is C22H20N4O3. The lowest BCUT2D eigenvalue weighted by Crippen LogP contribution is -2.25. The predicted molar refractivity (Wildman–Crippen MR) is 114 cm³/mol. The van der Waals surface area contributed by atoms with E-state index in [1.54, 1.807) is 10.6 Å². The van der Waals surface area contributed by atoms with Crippen molar-refractivity contribution < 1.29 is 4.79 Å². The van der Waals surface area contributed by atoms with Gasteiger partial charge >= 0.3 is 5.69 Å². The second-order valence-corrected chi connectivity index (χ2v) is 6.72. The van der Waals surface area contributed by atoms with Gasteiger partial charge in [0.2, 0.25) is 5.91 Å². The number of hydrogen-bond acceptors (Lipinski definition) is 3. The quantitative estimate of drug-likeness (QED) is 0.349. The molecule has 0 unspecified atom stereocenters. The monoisotopic (exact) mass is 388 g/mol. The summed E-state index contributed by atoms with van der Waals surface area (Å²) in [5, 5.41) is 3.68. The number of benzene rings is 2. The molecule has 0 atom stereocenters. The SMILES string of the molecule is O=C(/C=C/c1cc2ccccc2[nH]c1=O)NCCCn1c(=O)[nH]c2ccccc21. The zero-order valence-corrected chi connectivity index (χ0v) is 15.6. The second kappa shape index (κ2) is 8.02. The summed E-state index contributed by atoms with van der Waals surface area (Å²) in [5.41, 5.74) is 2.42. The maximum absolute atomic E-state index is 12.1. The van der Waals surface area contributed by atoms with Crippen molar-refractivity contribution in [1.29, 1.82) is 0 Å². The Hall–Kier alpha value is -3.87. The number of carbonyl (C=O) groups is 1. The minimum Gasteiger partial charge on any atom is -0.352 e. The van der Waals surface area contributed by atoms with Crippen molar-refractivity contribution in [3.63, 3.8) is 0 Å². The number of imidazole rings is 1. The lowest BCUT2D eigenvalue weighted by atomic mass is 10.1. The van der Waals surface area contributed by atoms with Gasteiger partial charge in [0.05, 0.1) is 11.0 Å². The Morgan fingerprint density at radius 1 is 1.00 bits per heavy atom. The fourth-order valence-electron chi connectivity index (χ4n) is 3.29. The maximum atomic E-state index is 12.1. The van der Waals surface area contributed by atoms with Crippen LogP contribution in [0.4, 0.5) is 0 Å². The summed E-state index contributed by atoms with van der Waals surface area (Å²) < 4.78 is 1.66. The van der Waals surface area contributed by atoms with E-state index in [0.717, 1.165) is 21.9 Å². The molecule has 29 heavy (non-hydrogen) atoms. The first-order valence-electron chi connectivity index (χ1n) is 9.37. The second-order valence-electron chi connectivity index (χ2n) is 6.72. The number of amides is 1. The number of aromatic amines is 2. The molecular weight excluding hydrogens is 368 g/mol. The number of aryl methyl sites for hydroxylation is 1. The third kappa shape index (κ3) is 4.03. The number of hydrogen-bond donors (Lipinski definition) is 3. The molecule has 7 heteroatoms. The van der Waals surface area contributed by atoms with E-state index < -0.39 is 0 Å². The Morgan fingerprint density at radius 2 is 1.76 bits per heavy atom. The number of H-pyrrole nitrogens is 2. The highest BCUT2D eigenvalue weighted by Crippen LogP contribution is 2.11. The van der Waals surface area contributed by atoms with Crippen LogP contribution in [0.25, 0.3) is 28.0 Å². The van der Waals surface area contributed by atoms with Gasteiger partial charge in [-0.1, -0.05) is 30.3 Å². The zero-order chi connectivity index (χ0) is 20.2. The highest BCUT2D eigenvalue weighted by Gasteiger charge is 2.05. The standard InChI is InChI=1S/C22H20N4O3/c27-20(11-10-16-14-15-6-1-2-7-17(15)24-21(16)28)23-12-5-13-26-19-9-4-3-8-18(19)25-22(26)29/h1-4,6-11,14H,5,12-13H2,(H,23,27)(H,24,28)(H,25,29)/b11-10+. The summed E-state index contributed by atoms with van der Waals surface area (Å²) >= 11 is 0. The van der Waals surface area contributed by atoms with Gasteiger partial charge in [0.15, 0.2) is 0 Å². The van der Waals surface area contributed by atoms with Crippen LogP contribution in [-0.4, -0.2) is 27.0 Å². The van der Waals surface area contributed by atoms with Crippen LogP contribution in [0.15, 0.2) is 70.3 Å². The molecule has 2 aromatic heterocycles. The third-order valence-electron chi connectivity index (χ3n) is 4.74. The number of carbonyl (C=O) groups excluding carboxylic acids is 1. The summed E-state index contributed by atoms with van der Waals surface area (Å²) in [6.45, 7) is 0.917. The van der Waals surface area contributed by atoms with Gasteiger partial charge in [0.1, 0.15) is 0 Å². The van der Waals surface area contributed by atoms with E-state index in [4.69, 9.17) is 0 Å². The van der Waals surface area contributed by atoms with E-state index in [1.807, 2.05) is 48.5 Å². The predicted octanol–water partition coefficient (Wildman–Crippen LogP) is 2.39. The van der Waals surface area contributed by atoms with Crippen molar-refractivity contribution in [2.24, 2.45) is 0 Å². The van der Waals surface area contributed by atoms with E-state index >= 15 is 0 Å². The number of nitrogens with zero attached hydrogens (tertiary/aromatic N) is 1. The molecule has 2 aromatic carbocycles. The molecule has 4 aromatic rings.